The molecule has 0 aliphatic carbocycles. The van der Waals surface area contributed by atoms with Gasteiger partial charge in [-0.15, -0.1) is 0 Å². The summed E-state index contributed by atoms with van der Waals surface area (Å²) in [7, 11) is 0. The number of rotatable bonds is 4. The fourth-order valence-corrected chi connectivity index (χ4v) is 3.82. The summed E-state index contributed by atoms with van der Waals surface area (Å²) in [5.41, 5.74) is 8.00. The van der Waals surface area contributed by atoms with Gasteiger partial charge in [-0.1, -0.05) is 19.1 Å². The number of nitro groups is 1. The quantitative estimate of drug-likeness (QED) is 0.400. The van der Waals surface area contributed by atoms with Crippen molar-refractivity contribution in [3.63, 3.8) is 0 Å². The number of carbonyl (C=O) groups is 1. The molecule has 0 bridgehead atoms. The van der Waals surface area contributed by atoms with Crippen LogP contribution in [0.5, 0.6) is 0 Å². The number of nitro benzene ring substituents is 1. The van der Waals surface area contributed by atoms with Crippen LogP contribution >= 0.6 is 0 Å². The highest BCUT2D eigenvalue weighted by atomic mass is 16.6. The summed E-state index contributed by atoms with van der Waals surface area (Å²) >= 11 is 0. The molecule has 2 aromatic rings. The predicted octanol–water partition coefficient (Wildman–Crippen LogP) is 5.74. The Morgan fingerprint density at radius 2 is 1.27 bits per heavy atom. The van der Waals surface area contributed by atoms with Crippen molar-refractivity contribution in [1.29, 1.82) is 0 Å². The molecule has 0 aliphatic rings. The monoisotopic (exact) mass is 353 g/mol. The summed E-state index contributed by atoms with van der Waals surface area (Å²) in [4.78, 5) is 24.7. The van der Waals surface area contributed by atoms with Crippen LogP contribution in [0, 0.1) is 58.6 Å². The molecule has 1 atom stereocenters. The normalized spacial score (nSPS) is 12.2. The average molecular weight is 353 g/mol. The molecule has 0 radical (unpaired) electrons. The summed E-state index contributed by atoms with van der Waals surface area (Å²) in [6.45, 7) is 15.4. The zero-order valence-electron chi connectivity index (χ0n) is 16.9. The molecule has 0 saturated carbocycles. The third-order valence-electron chi connectivity index (χ3n) is 5.89. The first-order chi connectivity index (χ1) is 12.0. The molecule has 4 nitrogen and oxygen atoms in total. The van der Waals surface area contributed by atoms with Crippen molar-refractivity contribution in [2.24, 2.45) is 0 Å². The van der Waals surface area contributed by atoms with E-state index in [2.05, 4.69) is 6.92 Å². The van der Waals surface area contributed by atoms with Gasteiger partial charge in [0, 0.05) is 16.7 Å². The van der Waals surface area contributed by atoms with Gasteiger partial charge in [0.25, 0.3) is 5.69 Å². The summed E-state index contributed by atoms with van der Waals surface area (Å²) < 4.78 is 0. The van der Waals surface area contributed by atoms with Crippen LogP contribution < -0.4 is 0 Å². The molecule has 2 aromatic carbocycles. The lowest BCUT2D eigenvalue weighted by atomic mass is 9.81. The van der Waals surface area contributed by atoms with Crippen LogP contribution in [0.15, 0.2) is 12.1 Å². The zero-order valence-corrected chi connectivity index (χ0v) is 16.9. The molecule has 0 aromatic heterocycles. The highest BCUT2D eigenvalue weighted by Gasteiger charge is 2.30. The molecule has 0 saturated heterocycles. The third-order valence-corrected chi connectivity index (χ3v) is 5.89. The molecule has 0 fully saturated rings. The van der Waals surface area contributed by atoms with Crippen LogP contribution in [-0.2, 0) is 0 Å². The van der Waals surface area contributed by atoms with E-state index in [0.717, 1.165) is 27.8 Å². The maximum absolute atomic E-state index is 13.4. The van der Waals surface area contributed by atoms with Crippen molar-refractivity contribution < 1.29 is 9.72 Å². The second-order valence-corrected chi connectivity index (χ2v) is 7.30. The van der Waals surface area contributed by atoms with Crippen LogP contribution in [0.4, 0.5) is 5.69 Å². The minimum atomic E-state index is -0.575. The number of hydrogen-bond donors (Lipinski definition) is 0. The molecular formula is C22H27NO3. The fraction of sp³-hybridized carbons (Fsp3) is 0.409. The summed E-state index contributed by atoms with van der Waals surface area (Å²) in [5, 5.41) is 11.6. The van der Waals surface area contributed by atoms with Gasteiger partial charge in [-0.2, -0.15) is 0 Å². The van der Waals surface area contributed by atoms with Gasteiger partial charge in [-0.25, -0.2) is 0 Å². The van der Waals surface area contributed by atoms with Gasteiger partial charge in [0.2, 0.25) is 0 Å². The second kappa shape index (κ2) is 7.02. The highest BCUT2D eigenvalue weighted by molar-refractivity contribution is 6.04. The molecule has 26 heavy (non-hydrogen) atoms. The van der Waals surface area contributed by atoms with Gasteiger partial charge in [0.05, 0.1) is 10.8 Å². The van der Waals surface area contributed by atoms with Gasteiger partial charge in [0.15, 0.2) is 5.78 Å². The Morgan fingerprint density at radius 3 is 1.73 bits per heavy atom. The van der Waals surface area contributed by atoms with Gasteiger partial charge >= 0.3 is 0 Å². The van der Waals surface area contributed by atoms with E-state index in [4.69, 9.17) is 0 Å². The number of Topliss-reactive ketones (excluding diaryl/α,β-unsaturated/α-hetero) is 1. The van der Waals surface area contributed by atoms with E-state index >= 15 is 0 Å². The lowest BCUT2D eigenvalue weighted by Gasteiger charge is -2.21. The summed E-state index contributed by atoms with van der Waals surface area (Å²) in [6, 6.07) is 3.59. The average Bonchev–Trinajstić information content (AvgIpc) is 2.59. The van der Waals surface area contributed by atoms with E-state index in [1.165, 1.54) is 5.56 Å². The number of nitrogens with zero attached hydrogens (tertiary/aromatic N) is 1. The van der Waals surface area contributed by atoms with Crippen molar-refractivity contribution in [2.45, 2.75) is 61.3 Å². The summed E-state index contributed by atoms with van der Waals surface area (Å²) in [5.74, 6) is -0.628. The van der Waals surface area contributed by atoms with Crippen LogP contribution in [0.25, 0.3) is 0 Å². The van der Waals surface area contributed by atoms with E-state index in [0.29, 0.717) is 16.7 Å². The first-order valence-corrected chi connectivity index (χ1v) is 8.86. The molecule has 0 aliphatic heterocycles. The molecule has 2 rings (SSSR count). The van der Waals surface area contributed by atoms with Crippen molar-refractivity contribution in [3.8, 4) is 0 Å². The van der Waals surface area contributed by atoms with E-state index in [-0.39, 0.29) is 16.4 Å². The molecule has 0 spiro atoms. The Hall–Kier alpha value is -2.49. The standard InChI is InChI=1S/C22H27NO3/c1-11-9-10-12(2)21(23(25)26)19(11)18(8)22(24)20-16(6)14(4)13(3)15(5)17(20)7/h9-10,18H,1-8H3. The number of hydrogen-bond acceptors (Lipinski definition) is 3. The highest BCUT2D eigenvalue weighted by Crippen LogP contribution is 2.36. The Labute approximate surface area is 155 Å². The SMILES string of the molecule is Cc1ccc(C)c([N+](=O)[O-])c1C(C)C(=O)c1c(C)c(C)c(C)c(C)c1C. The number of aryl methyl sites for hydroxylation is 2. The minimum Gasteiger partial charge on any atom is -0.293 e. The number of carbonyl (C=O) groups excluding carboxylic acids is 1. The van der Waals surface area contributed by atoms with Crippen LogP contribution in [0.3, 0.4) is 0 Å². The number of benzene rings is 2. The largest absolute Gasteiger partial charge is 0.293 e. The smallest absolute Gasteiger partial charge is 0.276 e. The van der Waals surface area contributed by atoms with Gasteiger partial charge in [0.1, 0.15) is 0 Å². The molecule has 0 amide bonds. The van der Waals surface area contributed by atoms with Gasteiger partial charge < -0.3 is 0 Å². The molecule has 0 heterocycles. The van der Waals surface area contributed by atoms with E-state index in [9.17, 15) is 14.9 Å². The first-order valence-electron chi connectivity index (χ1n) is 8.86. The first kappa shape index (κ1) is 19.8. The molecule has 1 unspecified atom stereocenters. The lowest BCUT2D eigenvalue weighted by molar-refractivity contribution is -0.386. The van der Waals surface area contributed by atoms with E-state index < -0.39 is 5.92 Å². The van der Waals surface area contributed by atoms with Gasteiger partial charge in [-0.3, -0.25) is 14.9 Å². The Morgan fingerprint density at radius 1 is 0.846 bits per heavy atom. The van der Waals surface area contributed by atoms with Crippen molar-refractivity contribution in [2.75, 3.05) is 0 Å². The Bertz CT molecular complexity index is 897. The van der Waals surface area contributed by atoms with Crippen molar-refractivity contribution in [3.05, 3.63) is 72.3 Å². The second-order valence-electron chi connectivity index (χ2n) is 7.30. The topological polar surface area (TPSA) is 60.2 Å². The van der Waals surface area contributed by atoms with Crippen molar-refractivity contribution in [1.82, 2.24) is 0 Å². The van der Waals surface area contributed by atoms with Gasteiger partial charge in [-0.05, 0) is 81.8 Å². The molecule has 4 heteroatoms. The predicted molar refractivity (Wildman–Crippen MR) is 105 cm³/mol. The lowest BCUT2D eigenvalue weighted by Crippen LogP contribution is -2.17. The van der Waals surface area contributed by atoms with Crippen LogP contribution in [0.1, 0.15) is 67.7 Å². The number of ketones is 1. The maximum Gasteiger partial charge on any atom is 0.276 e. The van der Waals surface area contributed by atoms with Crippen LogP contribution in [-0.4, -0.2) is 10.7 Å². The maximum atomic E-state index is 13.4. The Balaban J connectivity index is 2.72. The fourth-order valence-electron chi connectivity index (χ4n) is 3.82. The molecular weight excluding hydrogens is 326 g/mol. The van der Waals surface area contributed by atoms with Crippen LogP contribution in [0.2, 0.25) is 0 Å². The summed E-state index contributed by atoms with van der Waals surface area (Å²) in [6.07, 6.45) is 0. The minimum absolute atomic E-state index is 0.0528. The van der Waals surface area contributed by atoms with Crippen molar-refractivity contribution >= 4 is 11.5 Å². The third kappa shape index (κ3) is 3.05. The Kier molecular flexibility index (Phi) is 5.36. The molecule has 138 valence electrons. The van der Waals surface area contributed by atoms with E-state index in [1.807, 2.05) is 40.7 Å². The van der Waals surface area contributed by atoms with E-state index in [1.54, 1.807) is 19.9 Å². The molecule has 0 N–H and O–H groups in total. The zero-order chi connectivity index (χ0) is 19.9.